The van der Waals surface area contributed by atoms with Gasteiger partial charge in [0.05, 0.1) is 12.6 Å². The second kappa shape index (κ2) is 8.23. The van der Waals surface area contributed by atoms with Crippen LogP contribution in [0.3, 0.4) is 0 Å². The second-order valence-corrected chi connectivity index (χ2v) is 4.47. The molecule has 1 aromatic rings. The highest BCUT2D eigenvalue weighted by molar-refractivity contribution is 5.74. The van der Waals surface area contributed by atoms with Crippen molar-refractivity contribution in [3.63, 3.8) is 0 Å². The lowest BCUT2D eigenvalue weighted by Gasteiger charge is -2.22. The molecule has 0 saturated carbocycles. The van der Waals surface area contributed by atoms with Crippen molar-refractivity contribution in [1.82, 2.24) is 10.2 Å². The van der Waals surface area contributed by atoms with Crippen LogP contribution in [0.1, 0.15) is 37.9 Å². The Kier molecular flexibility index (Phi) is 6.61. The summed E-state index contributed by atoms with van der Waals surface area (Å²) < 4.78 is 0. The molecule has 0 fully saturated rings. The summed E-state index contributed by atoms with van der Waals surface area (Å²) in [7, 11) is 0. The highest BCUT2D eigenvalue weighted by Gasteiger charge is 2.13. The molecule has 2 amide bonds. The number of hydrogen-bond donors (Lipinski definition) is 2. The Morgan fingerprint density at radius 3 is 2.40 bits per heavy atom. The minimum Gasteiger partial charge on any atom is -0.331 e. The van der Waals surface area contributed by atoms with Crippen molar-refractivity contribution >= 4 is 6.03 Å². The van der Waals surface area contributed by atoms with Crippen LogP contribution in [0.25, 0.3) is 0 Å². The molecule has 4 nitrogen and oxygen atoms in total. The summed E-state index contributed by atoms with van der Waals surface area (Å²) in [6.45, 7) is 7.70. The monoisotopic (exact) mass is 273 g/mol. The number of amides is 2. The van der Waals surface area contributed by atoms with Crippen LogP contribution in [0.5, 0.6) is 0 Å². The Morgan fingerprint density at radius 2 is 1.90 bits per heavy atom. The van der Waals surface area contributed by atoms with Crippen molar-refractivity contribution in [3.8, 4) is 11.8 Å². The topological polar surface area (TPSA) is 58.4 Å². The molecule has 0 bridgehead atoms. The van der Waals surface area contributed by atoms with E-state index in [0.717, 1.165) is 11.1 Å². The van der Waals surface area contributed by atoms with Crippen LogP contribution in [0.2, 0.25) is 0 Å². The van der Waals surface area contributed by atoms with Crippen LogP contribution in [-0.2, 0) is 0 Å². The van der Waals surface area contributed by atoms with E-state index in [1.54, 1.807) is 4.90 Å². The Morgan fingerprint density at radius 1 is 1.30 bits per heavy atom. The van der Waals surface area contributed by atoms with Gasteiger partial charge in [0.2, 0.25) is 0 Å². The zero-order valence-corrected chi connectivity index (χ0v) is 12.4. The van der Waals surface area contributed by atoms with Crippen molar-refractivity contribution in [2.45, 2.75) is 26.8 Å². The summed E-state index contributed by atoms with van der Waals surface area (Å²) >= 11 is 0. The van der Waals surface area contributed by atoms with E-state index < -0.39 is 0 Å². The van der Waals surface area contributed by atoms with E-state index in [1.165, 1.54) is 0 Å². The maximum absolute atomic E-state index is 12.0. The zero-order valence-electron chi connectivity index (χ0n) is 12.4. The fraction of sp³-hybridized carbons (Fsp3) is 0.438. The summed E-state index contributed by atoms with van der Waals surface area (Å²) in [6.07, 6.45) is 0. The Balaban J connectivity index is 2.68. The van der Waals surface area contributed by atoms with Gasteiger partial charge in [-0.2, -0.15) is 0 Å². The summed E-state index contributed by atoms with van der Waals surface area (Å²) in [6, 6.07) is 7.78. The van der Waals surface area contributed by atoms with Crippen LogP contribution in [0.4, 0.5) is 4.79 Å². The molecule has 0 spiro atoms. The molecular formula is C16H23N3O. The summed E-state index contributed by atoms with van der Waals surface area (Å²) in [4.78, 5) is 13.7. The summed E-state index contributed by atoms with van der Waals surface area (Å²) in [5.74, 6) is 5.79. The minimum absolute atomic E-state index is 0.0281. The van der Waals surface area contributed by atoms with Crippen molar-refractivity contribution in [2.24, 2.45) is 5.73 Å². The van der Waals surface area contributed by atoms with Crippen molar-refractivity contribution < 1.29 is 4.79 Å². The van der Waals surface area contributed by atoms with Gasteiger partial charge in [0.25, 0.3) is 0 Å². The minimum atomic E-state index is -0.0329. The first-order valence-corrected chi connectivity index (χ1v) is 6.96. The summed E-state index contributed by atoms with van der Waals surface area (Å²) in [5, 5.41) is 2.99. The van der Waals surface area contributed by atoms with Crippen LogP contribution in [-0.4, -0.2) is 30.6 Å². The van der Waals surface area contributed by atoms with E-state index in [9.17, 15) is 4.79 Å². The van der Waals surface area contributed by atoms with Crippen LogP contribution in [0.15, 0.2) is 24.3 Å². The molecule has 108 valence electrons. The molecule has 4 heteroatoms. The van der Waals surface area contributed by atoms with Crippen LogP contribution >= 0.6 is 0 Å². The molecule has 0 aliphatic carbocycles. The highest BCUT2D eigenvalue weighted by atomic mass is 16.2. The number of benzene rings is 1. The molecule has 0 aliphatic heterocycles. The maximum Gasteiger partial charge on any atom is 0.317 e. The Hall–Kier alpha value is -1.99. The molecular weight excluding hydrogens is 250 g/mol. The summed E-state index contributed by atoms with van der Waals surface area (Å²) in [5.41, 5.74) is 7.33. The SMILES string of the molecule is CCN(CC)C(=O)NC(C)c1ccc(C#CCN)cc1. The van der Waals surface area contributed by atoms with Gasteiger partial charge in [-0.1, -0.05) is 24.0 Å². The quantitative estimate of drug-likeness (QED) is 0.825. The van der Waals surface area contributed by atoms with Crippen molar-refractivity contribution in [3.05, 3.63) is 35.4 Å². The number of carbonyl (C=O) groups excluding carboxylic acids is 1. The fourth-order valence-corrected chi connectivity index (χ4v) is 1.88. The molecule has 1 atom stereocenters. The lowest BCUT2D eigenvalue weighted by molar-refractivity contribution is 0.200. The number of rotatable bonds is 4. The van der Waals surface area contributed by atoms with Gasteiger partial charge in [-0.3, -0.25) is 0 Å². The van der Waals surface area contributed by atoms with E-state index in [1.807, 2.05) is 45.0 Å². The van der Waals surface area contributed by atoms with E-state index in [2.05, 4.69) is 17.2 Å². The van der Waals surface area contributed by atoms with Gasteiger partial charge in [0, 0.05) is 18.7 Å². The van der Waals surface area contributed by atoms with Gasteiger partial charge in [-0.25, -0.2) is 4.79 Å². The van der Waals surface area contributed by atoms with Gasteiger partial charge in [0.15, 0.2) is 0 Å². The number of nitrogens with zero attached hydrogens (tertiary/aromatic N) is 1. The van der Waals surface area contributed by atoms with E-state index in [0.29, 0.717) is 19.6 Å². The Labute approximate surface area is 121 Å². The molecule has 0 saturated heterocycles. The van der Waals surface area contributed by atoms with Gasteiger partial charge < -0.3 is 16.0 Å². The van der Waals surface area contributed by atoms with Crippen LogP contribution in [0, 0.1) is 11.8 Å². The molecule has 3 N–H and O–H groups in total. The number of carbonyl (C=O) groups is 1. The average molecular weight is 273 g/mol. The zero-order chi connectivity index (χ0) is 15.0. The standard InChI is InChI=1S/C16H23N3O/c1-4-19(5-2)16(20)18-13(3)15-10-8-14(9-11-15)7-6-12-17/h8-11,13H,4-5,12,17H2,1-3H3,(H,18,20). The van der Waals surface area contributed by atoms with Crippen molar-refractivity contribution in [1.29, 1.82) is 0 Å². The second-order valence-electron chi connectivity index (χ2n) is 4.47. The van der Waals surface area contributed by atoms with Gasteiger partial charge in [-0.05, 0) is 38.5 Å². The van der Waals surface area contributed by atoms with Gasteiger partial charge in [0.1, 0.15) is 0 Å². The molecule has 1 aromatic carbocycles. The molecule has 0 heterocycles. The third-order valence-corrected chi connectivity index (χ3v) is 3.14. The van der Waals surface area contributed by atoms with E-state index in [4.69, 9.17) is 5.73 Å². The number of hydrogen-bond acceptors (Lipinski definition) is 2. The predicted octanol–water partition coefficient (Wildman–Crippen LogP) is 2.11. The van der Waals surface area contributed by atoms with E-state index in [-0.39, 0.29) is 12.1 Å². The average Bonchev–Trinajstić information content (AvgIpc) is 2.46. The van der Waals surface area contributed by atoms with E-state index >= 15 is 0 Å². The Bertz CT molecular complexity index is 481. The molecule has 0 aliphatic rings. The first-order chi connectivity index (χ1) is 9.62. The van der Waals surface area contributed by atoms with Gasteiger partial charge >= 0.3 is 6.03 Å². The number of nitrogens with one attached hydrogen (secondary N) is 1. The first-order valence-electron chi connectivity index (χ1n) is 6.96. The molecule has 0 aromatic heterocycles. The molecule has 1 unspecified atom stereocenters. The fourth-order valence-electron chi connectivity index (χ4n) is 1.88. The third-order valence-electron chi connectivity index (χ3n) is 3.14. The predicted molar refractivity (Wildman–Crippen MR) is 82.2 cm³/mol. The number of nitrogens with two attached hydrogens (primary N) is 1. The molecule has 0 radical (unpaired) electrons. The normalized spacial score (nSPS) is 11.2. The lowest BCUT2D eigenvalue weighted by atomic mass is 10.1. The first kappa shape index (κ1) is 16.1. The molecule has 1 rings (SSSR count). The van der Waals surface area contributed by atoms with Gasteiger partial charge in [-0.15, -0.1) is 0 Å². The van der Waals surface area contributed by atoms with Crippen molar-refractivity contribution in [2.75, 3.05) is 19.6 Å². The smallest absolute Gasteiger partial charge is 0.317 e. The maximum atomic E-state index is 12.0. The third kappa shape index (κ3) is 4.60. The molecule has 20 heavy (non-hydrogen) atoms. The van der Waals surface area contributed by atoms with Crippen LogP contribution < -0.4 is 11.1 Å². The largest absolute Gasteiger partial charge is 0.331 e. The highest BCUT2D eigenvalue weighted by Crippen LogP contribution is 2.13. The lowest BCUT2D eigenvalue weighted by Crippen LogP contribution is -2.40. The number of urea groups is 1.